The predicted octanol–water partition coefficient (Wildman–Crippen LogP) is 1.18. The van der Waals surface area contributed by atoms with Crippen LogP contribution in [0.4, 0.5) is 0 Å². The second kappa shape index (κ2) is 14.7. The van der Waals surface area contributed by atoms with E-state index in [0.29, 0.717) is 5.01 Å². The molecule has 45 heavy (non-hydrogen) atoms. The van der Waals surface area contributed by atoms with Gasteiger partial charge in [0, 0.05) is 14.2 Å². The van der Waals surface area contributed by atoms with E-state index in [1.54, 1.807) is 13.8 Å². The zero-order valence-electron chi connectivity index (χ0n) is 25.6. The Kier molecular flexibility index (Phi) is 11.0. The van der Waals surface area contributed by atoms with Crippen LogP contribution in [0.1, 0.15) is 38.7 Å². The van der Waals surface area contributed by atoms with Gasteiger partial charge in [-0.3, -0.25) is 19.2 Å². The van der Waals surface area contributed by atoms with Gasteiger partial charge in [0.15, 0.2) is 11.5 Å². The molecule has 0 spiro atoms. The third-order valence-corrected chi connectivity index (χ3v) is 8.13. The van der Waals surface area contributed by atoms with E-state index in [1.165, 1.54) is 27.3 Å². The van der Waals surface area contributed by atoms with Crippen LogP contribution in [-0.4, -0.2) is 91.2 Å². The number of epoxide rings is 1. The first kappa shape index (κ1) is 33.7. The molecule has 1 fully saturated rings. The van der Waals surface area contributed by atoms with E-state index < -0.39 is 47.3 Å². The highest BCUT2D eigenvalue weighted by molar-refractivity contribution is 7.13. The molecular weight excluding hydrogens is 608 g/mol. The van der Waals surface area contributed by atoms with E-state index >= 15 is 0 Å². The first-order valence-electron chi connectivity index (χ1n) is 14.1. The zero-order chi connectivity index (χ0) is 32.7. The van der Waals surface area contributed by atoms with Gasteiger partial charge < -0.3 is 38.6 Å². The number of carbonyl (C=O) groups is 4. The summed E-state index contributed by atoms with van der Waals surface area (Å²) >= 11 is 1.12. The number of carbonyl (C=O) groups excluding carboxylic acids is 4. The fourth-order valence-electron chi connectivity index (χ4n) is 4.63. The monoisotopic (exact) mass is 644 g/mol. The van der Waals surface area contributed by atoms with Crippen molar-refractivity contribution in [3.63, 3.8) is 0 Å². The lowest BCUT2D eigenvalue weighted by Gasteiger charge is -2.31. The molecule has 1 aromatic carbocycles. The van der Waals surface area contributed by atoms with Gasteiger partial charge in [-0.15, -0.1) is 11.3 Å². The quantitative estimate of drug-likeness (QED) is 0.214. The summed E-state index contributed by atoms with van der Waals surface area (Å²) in [5.41, 5.74) is -0.187. The summed E-state index contributed by atoms with van der Waals surface area (Å²) in [7, 11) is 2.71. The first-order valence-corrected chi connectivity index (χ1v) is 14.9. The Morgan fingerprint density at radius 1 is 1.02 bits per heavy atom. The molecule has 0 bridgehead atoms. The van der Waals surface area contributed by atoms with Gasteiger partial charge in [-0.2, -0.15) is 0 Å². The van der Waals surface area contributed by atoms with E-state index in [0.717, 1.165) is 21.8 Å². The van der Waals surface area contributed by atoms with Crippen molar-refractivity contribution in [2.75, 3.05) is 34.0 Å². The molecule has 1 aliphatic heterocycles. The lowest BCUT2D eigenvalue weighted by molar-refractivity contribution is -0.135. The highest BCUT2D eigenvalue weighted by Crippen LogP contribution is 2.29. The van der Waals surface area contributed by atoms with Gasteiger partial charge in [0.1, 0.15) is 28.3 Å². The number of hydrogen-bond acceptors (Lipinski definition) is 12. The van der Waals surface area contributed by atoms with Crippen LogP contribution in [0.5, 0.6) is 0 Å². The number of ketones is 1. The number of nitrogens with one attached hydrogen (secondary N) is 2. The van der Waals surface area contributed by atoms with Crippen LogP contribution in [0, 0.1) is 13.8 Å². The van der Waals surface area contributed by atoms with Gasteiger partial charge in [0.2, 0.25) is 11.8 Å². The van der Waals surface area contributed by atoms with E-state index in [2.05, 4.69) is 15.6 Å². The number of aryl methyl sites for hydroxylation is 2. The summed E-state index contributed by atoms with van der Waals surface area (Å²) in [6.45, 7) is 4.28. The van der Waals surface area contributed by atoms with Crippen molar-refractivity contribution in [1.29, 1.82) is 0 Å². The number of benzene rings is 1. The van der Waals surface area contributed by atoms with Crippen molar-refractivity contribution >= 4 is 34.8 Å². The highest BCUT2D eigenvalue weighted by atomic mass is 32.1. The van der Waals surface area contributed by atoms with Gasteiger partial charge >= 0.3 is 5.82 Å². The third-order valence-electron chi connectivity index (χ3n) is 7.23. The summed E-state index contributed by atoms with van der Waals surface area (Å²) in [4.78, 5) is 71.7. The fourth-order valence-corrected chi connectivity index (χ4v) is 5.37. The van der Waals surface area contributed by atoms with Gasteiger partial charge in [-0.05, 0) is 32.8 Å². The Labute approximate surface area is 263 Å². The normalized spacial score (nSPS) is 17.6. The van der Waals surface area contributed by atoms with Crippen LogP contribution in [0.3, 0.4) is 0 Å². The van der Waals surface area contributed by atoms with Gasteiger partial charge in [0.25, 0.3) is 5.91 Å². The average molecular weight is 645 g/mol. The predicted molar refractivity (Wildman–Crippen MR) is 160 cm³/mol. The summed E-state index contributed by atoms with van der Waals surface area (Å²) in [6.07, 6.45) is 1.58. The first-order chi connectivity index (χ1) is 21.4. The minimum atomic E-state index is -1.29. The summed E-state index contributed by atoms with van der Waals surface area (Å²) in [5.74, 6) is -3.10. The Balaban J connectivity index is 1.58. The molecule has 3 amide bonds. The maximum absolute atomic E-state index is 13.8. The summed E-state index contributed by atoms with van der Waals surface area (Å²) in [5, 5.41) is 6.03. The van der Waals surface area contributed by atoms with Crippen molar-refractivity contribution in [3.8, 4) is 0 Å². The number of methoxy groups -OCH3 is 2. The molecule has 1 aliphatic rings. The van der Waals surface area contributed by atoms with Crippen LogP contribution < -0.4 is 16.5 Å². The molecule has 2 aromatic heterocycles. The van der Waals surface area contributed by atoms with Crippen LogP contribution in [0.25, 0.3) is 0 Å². The van der Waals surface area contributed by atoms with Crippen LogP contribution in [0.15, 0.2) is 50.2 Å². The Morgan fingerprint density at radius 3 is 2.24 bits per heavy atom. The molecule has 15 heteroatoms. The summed E-state index contributed by atoms with van der Waals surface area (Å²) < 4.78 is 26.0. The number of amides is 3. The standard InChI is InChI=1S/C30H36N4O10S/c1-17-23(44-29(39)43-17)13-34(28(38)24-12-31-18(2)45-24)22(15-41-5)27(37)33-21(14-40-4)26(36)32-20(25(35)30(3)16-42-30)11-19-9-7-6-8-10-19/h6-10,12,20-22H,11,13-16H2,1-5H3,(H,32,36)(H,33,37)/t20-,21-,22-,30-/m0/s1. The summed E-state index contributed by atoms with van der Waals surface area (Å²) in [6, 6.07) is 5.69. The Bertz CT molecular complexity index is 1560. The molecule has 0 aliphatic carbocycles. The number of nitrogens with zero attached hydrogens (tertiary/aromatic N) is 2. The molecule has 242 valence electrons. The van der Waals surface area contributed by atoms with Gasteiger partial charge in [-0.1, -0.05) is 30.3 Å². The van der Waals surface area contributed by atoms with E-state index in [-0.39, 0.29) is 55.0 Å². The van der Waals surface area contributed by atoms with Crippen molar-refractivity contribution in [2.24, 2.45) is 0 Å². The third kappa shape index (κ3) is 8.51. The molecule has 4 atom stereocenters. The Hall–Kier alpha value is -4.18. The van der Waals surface area contributed by atoms with E-state index in [4.69, 9.17) is 23.0 Å². The minimum Gasteiger partial charge on any atom is -0.396 e. The largest absolute Gasteiger partial charge is 0.519 e. The molecular formula is C30H36N4O10S. The van der Waals surface area contributed by atoms with Crippen molar-refractivity contribution in [2.45, 2.75) is 57.5 Å². The lowest BCUT2D eigenvalue weighted by Crippen LogP contribution is -2.59. The highest BCUT2D eigenvalue weighted by Gasteiger charge is 2.50. The molecule has 0 saturated carbocycles. The molecule has 0 unspecified atom stereocenters. The second-order valence-corrected chi connectivity index (χ2v) is 12.0. The zero-order valence-corrected chi connectivity index (χ0v) is 26.4. The molecule has 0 radical (unpaired) electrons. The lowest BCUT2D eigenvalue weighted by atomic mass is 9.94. The second-order valence-electron chi connectivity index (χ2n) is 10.7. The van der Waals surface area contributed by atoms with Crippen molar-refractivity contribution in [3.05, 3.63) is 74.1 Å². The molecule has 3 aromatic rings. The SMILES string of the molecule is COC[C@H](NC(=O)[C@H](COC)N(Cc1oc(=O)oc1C)C(=O)c1cnc(C)s1)C(=O)N[C@@H](Cc1ccccc1)C(=O)[C@]1(C)CO1. The number of hydrogen-bond donors (Lipinski definition) is 2. The van der Waals surface area contributed by atoms with Gasteiger partial charge in [-0.25, -0.2) is 9.78 Å². The van der Waals surface area contributed by atoms with E-state index in [9.17, 15) is 24.0 Å². The fraction of sp³-hybridized carbons (Fsp3) is 0.467. The van der Waals surface area contributed by atoms with Crippen LogP contribution in [0.2, 0.25) is 0 Å². The number of Topliss-reactive ketones (excluding diaryl/α,β-unsaturated/α-hetero) is 1. The topological polar surface area (TPSA) is 183 Å². The van der Waals surface area contributed by atoms with Gasteiger partial charge in [0.05, 0.1) is 43.6 Å². The molecule has 1 saturated heterocycles. The average Bonchev–Trinajstić information content (AvgIpc) is 3.47. The maximum atomic E-state index is 13.8. The molecule has 3 heterocycles. The number of thiazole rings is 1. The molecule has 14 nitrogen and oxygen atoms in total. The molecule has 4 rings (SSSR count). The number of aromatic nitrogens is 1. The number of rotatable bonds is 16. The van der Waals surface area contributed by atoms with Crippen LogP contribution >= 0.6 is 11.3 Å². The minimum absolute atomic E-state index is 0.0349. The van der Waals surface area contributed by atoms with Crippen molar-refractivity contribution < 1.29 is 42.2 Å². The van der Waals surface area contributed by atoms with Crippen molar-refractivity contribution in [1.82, 2.24) is 20.5 Å². The number of ether oxygens (including phenoxy) is 3. The maximum Gasteiger partial charge on any atom is 0.519 e. The van der Waals surface area contributed by atoms with E-state index in [1.807, 2.05) is 30.3 Å². The van der Waals surface area contributed by atoms with Crippen LogP contribution in [-0.2, 0) is 41.6 Å². The smallest absolute Gasteiger partial charge is 0.396 e. The Morgan fingerprint density at radius 2 is 1.69 bits per heavy atom. The molecule has 2 N–H and O–H groups in total.